The van der Waals surface area contributed by atoms with E-state index in [1.807, 2.05) is 103 Å². The summed E-state index contributed by atoms with van der Waals surface area (Å²) in [7, 11) is 19.5. The Morgan fingerprint density at radius 3 is 1.57 bits per heavy atom. The molecule has 8 rings (SSSR count). The van der Waals surface area contributed by atoms with Crippen LogP contribution >= 0.6 is 23.2 Å². The predicted molar refractivity (Wildman–Crippen MR) is 314 cm³/mol. The van der Waals surface area contributed by atoms with Gasteiger partial charge in [0.25, 0.3) is 0 Å². The van der Waals surface area contributed by atoms with Gasteiger partial charge in [-0.25, -0.2) is 19.9 Å². The Balaban J connectivity index is 0.000000224. The van der Waals surface area contributed by atoms with E-state index in [0.29, 0.717) is 46.3 Å². The standard InChI is InChI=1S/C28H33N7O2.C25H31N7O.C3H4Cl2O/c1-7-27(36)30-22-16-23(26(37-6)17-25(22)34(4)15-14-33(2)3)32-28-29-13-12-21(31-28)20-18-35(5)24-11-9-8-10-19(20)24;1-30(2)12-13-31(3)23-15-24(33-5)21(14-19(23)26)29-25-27-11-10-20(28-25)18-16-32(4)22-9-7-6-8-17(18)22;4-2-1-3(5)6/h7-13,16-18H,1,14-15H2,2-6H3,(H,30,36)(H,29,31,32);6-11,14-16H,12-13,26H2,1-5H3,(H,27,28,29);1-2H2. The van der Waals surface area contributed by atoms with Crippen molar-refractivity contribution in [3.05, 3.63) is 122 Å². The van der Waals surface area contributed by atoms with Crippen molar-refractivity contribution >= 4 is 102 Å². The summed E-state index contributed by atoms with van der Waals surface area (Å²) in [6.45, 7) is 6.97. The van der Waals surface area contributed by atoms with Gasteiger partial charge in [0.2, 0.25) is 23.0 Å². The molecule has 0 unspecified atom stereocenters. The molecule has 4 aromatic heterocycles. The quantitative estimate of drug-likeness (QED) is 0.0244. The number of hydrogen-bond acceptors (Lipinski definition) is 15. The molecule has 20 heteroatoms. The van der Waals surface area contributed by atoms with Crippen LogP contribution in [0.15, 0.2) is 122 Å². The van der Waals surface area contributed by atoms with E-state index in [4.69, 9.17) is 48.4 Å². The molecule has 0 aliphatic carbocycles. The maximum atomic E-state index is 12.2. The Bertz CT molecular complexity index is 3270. The average molecular weight is 1070 g/mol. The van der Waals surface area contributed by atoms with Crippen molar-refractivity contribution in [2.45, 2.75) is 6.42 Å². The second kappa shape index (κ2) is 27.1. The number of carbonyl (C=O) groups is 2. The lowest BCUT2D eigenvalue weighted by molar-refractivity contribution is -0.112. The van der Waals surface area contributed by atoms with E-state index >= 15 is 0 Å². The third-order valence-electron chi connectivity index (χ3n) is 12.1. The van der Waals surface area contributed by atoms with Crippen LogP contribution in [0.3, 0.4) is 0 Å². The predicted octanol–water partition coefficient (Wildman–Crippen LogP) is 9.86. The van der Waals surface area contributed by atoms with Crippen molar-refractivity contribution in [3.63, 3.8) is 0 Å². The highest BCUT2D eigenvalue weighted by atomic mass is 35.5. The molecule has 1 amide bonds. The number of amides is 1. The number of nitrogen functional groups attached to an aromatic ring is 1. The number of anilines is 8. The first-order valence-electron chi connectivity index (χ1n) is 24.3. The molecule has 4 aromatic carbocycles. The molecular weight excluding hydrogens is 1000 g/mol. The minimum Gasteiger partial charge on any atom is -0.494 e. The van der Waals surface area contributed by atoms with Gasteiger partial charge in [-0.05, 0) is 82.3 Å². The van der Waals surface area contributed by atoms with Gasteiger partial charge in [-0.2, -0.15) is 0 Å². The summed E-state index contributed by atoms with van der Waals surface area (Å²) < 4.78 is 15.5. The van der Waals surface area contributed by atoms with Gasteiger partial charge in [0.1, 0.15) is 11.5 Å². The number of aryl methyl sites for hydroxylation is 2. The van der Waals surface area contributed by atoms with Crippen LogP contribution in [0, 0.1) is 0 Å². The highest BCUT2D eigenvalue weighted by Gasteiger charge is 2.19. The van der Waals surface area contributed by atoms with Gasteiger partial charge in [0.05, 0.1) is 59.7 Å². The van der Waals surface area contributed by atoms with Gasteiger partial charge in [0, 0.05) is 137 Å². The molecule has 5 N–H and O–H groups in total. The fourth-order valence-corrected chi connectivity index (χ4v) is 8.47. The zero-order valence-electron chi connectivity index (χ0n) is 44.9. The lowest BCUT2D eigenvalue weighted by atomic mass is 10.1. The molecule has 8 aromatic rings. The largest absolute Gasteiger partial charge is 0.494 e. The topological polar surface area (TPSA) is 189 Å². The average Bonchev–Trinajstić information content (AvgIpc) is 3.93. The zero-order chi connectivity index (χ0) is 55.1. The molecule has 400 valence electrons. The van der Waals surface area contributed by atoms with Crippen LogP contribution in [-0.2, 0) is 23.7 Å². The molecular formula is C56H68Cl2N14O4. The number of hydrogen-bond donors (Lipinski definition) is 4. The monoisotopic (exact) mass is 1070 g/mol. The molecule has 0 fully saturated rings. The molecule has 0 saturated carbocycles. The van der Waals surface area contributed by atoms with Crippen LogP contribution in [0.2, 0.25) is 0 Å². The Morgan fingerprint density at radius 1 is 0.671 bits per heavy atom. The van der Waals surface area contributed by atoms with E-state index in [9.17, 15) is 9.59 Å². The molecule has 0 bridgehead atoms. The first-order chi connectivity index (χ1) is 36.4. The second-order valence-corrected chi connectivity index (χ2v) is 19.0. The number of likely N-dealkylation sites (N-methyl/N-ethyl adjacent to an activating group) is 4. The van der Waals surface area contributed by atoms with E-state index in [2.05, 4.69) is 112 Å². The van der Waals surface area contributed by atoms with Crippen LogP contribution < -0.4 is 41.0 Å². The van der Waals surface area contributed by atoms with Gasteiger partial charge in [-0.1, -0.05) is 43.0 Å². The van der Waals surface area contributed by atoms with Crippen LogP contribution in [0.25, 0.3) is 44.3 Å². The Morgan fingerprint density at radius 2 is 1.13 bits per heavy atom. The summed E-state index contributed by atoms with van der Waals surface area (Å²) in [4.78, 5) is 48.8. The van der Waals surface area contributed by atoms with Crippen molar-refractivity contribution in [1.29, 1.82) is 0 Å². The highest BCUT2D eigenvalue weighted by Crippen LogP contribution is 2.39. The number of nitrogens with zero attached hydrogens (tertiary/aromatic N) is 10. The second-order valence-electron chi connectivity index (χ2n) is 18.2. The first kappa shape index (κ1) is 57.4. The number of fused-ring (bicyclic) bond motifs is 2. The minimum atomic E-state index is -0.370. The third kappa shape index (κ3) is 14.9. The summed E-state index contributed by atoms with van der Waals surface area (Å²) in [6, 6.07) is 27.8. The number of carbonyl (C=O) groups excluding carboxylic acids is 2. The van der Waals surface area contributed by atoms with Gasteiger partial charge in [-0.3, -0.25) is 9.59 Å². The van der Waals surface area contributed by atoms with E-state index in [0.717, 1.165) is 87.6 Å². The summed E-state index contributed by atoms with van der Waals surface area (Å²) in [5, 5.41) is 11.4. The van der Waals surface area contributed by atoms with E-state index in [-0.39, 0.29) is 17.6 Å². The van der Waals surface area contributed by atoms with Crippen LogP contribution in [0.5, 0.6) is 11.5 Å². The van der Waals surface area contributed by atoms with Crippen molar-refractivity contribution in [3.8, 4) is 34.0 Å². The molecule has 0 aliphatic heterocycles. The van der Waals surface area contributed by atoms with Crippen molar-refractivity contribution < 1.29 is 19.1 Å². The molecule has 0 aliphatic rings. The summed E-state index contributed by atoms with van der Waals surface area (Å²) in [6.07, 6.45) is 9.15. The van der Waals surface area contributed by atoms with Gasteiger partial charge >= 0.3 is 0 Å². The lowest BCUT2D eigenvalue weighted by Gasteiger charge is -2.26. The number of aromatic nitrogens is 6. The fourth-order valence-electron chi connectivity index (χ4n) is 8.10. The molecule has 0 spiro atoms. The van der Waals surface area contributed by atoms with Crippen molar-refractivity contribution in [1.82, 2.24) is 38.9 Å². The Hall–Kier alpha value is -7.90. The SMILES string of the molecule is C=CC(=O)Nc1cc(Nc2nccc(-c3cn(C)c4ccccc34)n2)c(OC)cc1N(C)CCN(C)C.COc1cc(N(C)CCN(C)C)c(N)cc1Nc1nccc(-c2cn(C)c3ccccc23)n1.O=C(Cl)CCCl. The molecule has 0 saturated heterocycles. The van der Waals surface area contributed by atoms with Crippen LogP contribution in [-0.4, -0.2) is 139 Å². The van der Waals surface area contributed by atoms with Crippen LogP contribution in [0.1, 0.15) is 6.42 Å². The van der Waals surface area contributed by atoms with E-state index < -0.39 is 0 Å². The van der Waals surface area contributed by atoms with Gasteiger partial charge in [-0.15, -0.1) is 11.6 Å². The third-order valence-corrected chi connectivity index (χ3v) is 12.5. The Labute approximate surface area is 455 Å². The molecule has 18 nitrogen and oxygen atoms in total. The lowest BCUT2D eigenvalue weighted by Crippen LogP contribution is -2.29. The summed E-state index contributed by atoms with van der Waals surface area (Å²) in [5.41, 5.74) is 16.8. The first-order valence-corrected chi connectivity index (χ1v) is 25.2. The van der Waals surface area contributed by atoms with Crippen LogP contribution in [0.4, 0.5) is 46.0 Å². The van der Waals surface area contributed by atoms with E-state index in [1.54, 1.807) is 26.6 Å². The molecule has 76 heavy (non-hydrogen) atoms. The number of nitrogens with two attached hydrogens (primary N) is 1. The number of rotatable bonds is 20. The maximum absolute atomic E-state index is 12.2. The Kier molecular flexibility index (Phi) is 20.4. The molecule has 4 heterocycles. The van der Waals surface area contributed by atoms with Gasteiger partial charge < -0.3 is 59.9 Å². The number of halogens is 2. The number of benzene rings is 4. The summed E-state index contributed by atoms with van der Waals surface area (Å²) in [5.74, 6) is 2.19. The van der Waals surface area contributed by atoms with Crippen molar-refractivity contribution in [2.75, 3.05) is 120 Å². The number of methoxy groups -OCH3 is 2. The highest BCUT2D eigenvalue weighted by molar-refractivity contribution is 6.63. The number of alkyl halides is 1. The minimum absolute atomic E-state index is 0.267. The normalized spacial score (nSPS) is 10.9. The smallest absolute Gasteiger partial charge is 0.247 e. The van der Waals surface area contributed by atoms with Crippen molar-refractivity contribution in [2.24, 2.45) is 14.1 Å². The van der Waals surface area contributed by atoms with Gasteiger partial charge in [0.15, 0.2) is 0 Å². The number of ether oxygens (including phenoxy) is 2. The molecule has 0 atom stereocenters. The zero-order valence-corrected chi connectivity index (χ0v) is 46.4. The molecule has 0 radical (unpaired) electrons. The number of para-hydroxylation sites is 2. The van der Waals surface area contributed by atoms with E-state index in [1.165, 1.54) is 6.08 Å². The fraction of sp³-hybridized carbons (Fsp3) is 0.286. The summed E-state index contributed by atoms with van der Waals surface area (Å²) >= 11 is 9.95. The number of nitrogens with one attached hydrogen (secondary N) is 3. The maximum Gasteiger partial charge on any atom is 0.247 e.